The highest BCUT2D eigenvalue weighted by atomic mass is 16.2. The Labute approximate surface area is 151 Å². The predicted octanol–water partition coefficient (Wildman–Crippen LogP) is 2.70. The quantitative estimate of drug-likeness (QED) is 0.739. The van der Waals surface area contributed by atoms with Crippen molar-refractivity contribution in [3.8, 4) is 5.95 Å². The van der Waals surface area contributed by atoms with Gasteiger partial charge in [0.25, 0.3) is 5.56 Å². The van der Waals surface area contributed by atoms with Gasteiger partial charge in [-0.25, -0.2) is 4.98 Å². The van der Waals surface area contributed by atoms with E-state index in [4.69, 9.17) is 0 Å². The number of aromatic amines is 1. The summed E-state index contributed by atoms with van der Waals surface area (Å²) in [6.07, 6.45) is 0.669. The van der Waals surface area contributed by atoms with Crippen LogP contribution in [0.4, 0.5) is 5.82 Å². The van der Waals surface area contributed by atoms with Gasteiger partial charge in [0.2, 0.25) is 11.9 Å². The Kier molecular flexibility index (Phi) is 4.97. The van der Waals surface area contributed by atoms with Crippen molar-refractivity contribution in [1.29, 1.82) is 0 Å². The molecule has 3 aromatic rings. The molecule has 0 aliphatic heterocycles. The largest absolute Gasteiger partial charge is 0.310 e. The molecule has 3 rings (SSSR count). The van der Waals surface area contributed by atoms with Crippen molar-refractivity contribution in [2.24, 2.45) is 0 Å². The van der Waals surface area contributed by atoms with Crippen LogP contribution in [0, 0.1) is 13.8 Å². The van der Waals surface area contributed by atoms with E-state index in [1.165, 1.54) is 10.7 Å². The molecule has 2 aromatic heterocycles. The summed E-state index contributed by atoms with van der Waals surface area (Å²) in [5, 5.41) is 7.26. The number of nitrogens with zero attached hydrogens (tertiary/aromatic N) is 3. The van der Waals surface area contributed by atoms with Crippen molar-refractivity contribution in [3.05, 3.63) is 69.8 Å². The number of aromatic nitrogens is 4. The maximum Gasteiger partial charge on any atom is 0.252 e. The molecule has 0 fully saturated rings. The van der Waals surface area contributed by atoms with Crippen LogP contribution in [0.25, 0.3) is 5.95 Å². The molecule has 2 N–H and O–H groups in total. The number of hydrogen-bond donors (Lipinski definition) is 2. The number of aryl methyl sites for hydroxylation is 2. The first-order chi connectivity index (χ1) is 12.5. The zero-order valence-electron chi connectivity index (χ0n) is 15.0. The minimum absolute atomic E-state index is 0.130. The molecule has 26 heavy (non-hydrogen) atoms. The number of carbonyl (C=O) groups excluding carboxylic acids is 1. The molecule has 0 aliphatic carbocycles. The minimum atomic E-state index is -0.274. The lowest BCUT2D eigenvalue weighted by Gasteiger charge is -2.16. The first kappa shape index (κ1) is 17.6. The number of hydrogen-bond acceptors (Lipinski definition) is 4. The lowest BCUT2D eigenvalue weighted by molar-refractivity contribution is -0.117. The molecule has 0 aliphatic rings. The average Bonchev–Trinajstić information content (AvgIpc) is 2.96. The Hall–Kier alpha value is -3.22. The number of H-pyrrole nitrogens is 1. The Morgan fingerprint density at radius 1 is 1.19 bits per heavy atom. The van der Waals surface area contributed by atoms with E-state index in [0.29, 0.717) is 23.6 Å². The zero-order valence-corrected chi connectivity index (χ0v) is 15.0. The van der Waals surface area contributed by atoms with Crippen LogP contribution in [-0.2, 0) is 4.79 Å². The minimum Gasteiger partial charge on any atom is -0.310 e. The molecule has 1 atom stereocenters. The molecule has 1 unspecified atom stereocenters. The molecule has 0 radical (unpaired) electrons. The third-order valence-corrected chi connectivity index (χ3v) is 4.07. The summed E-state index contributed by atoms with van der Waals surface area (Å²) in [7, 11) is 0. The molecule has 2 heterocycles. The lowest BCUT2D eigenvalue weighted by Crippen LogP contribution is -2.23. The fraction of sp³-hybridized carbons (Fsp3) is 0.263. The number of amides is 1. The van der Waals surface area contributed by atoms with Gasteiger partial charge in [0.15, 0.2) is 0 Å². The van der Waals surface area contributed by atoms with Gasteiger partial charge in [0.1, 0.15) is 5.82 Å². The highest BCUT2D eigenvalue weighted by Crippen LogP contribution is 2.22. The fourth-order valence-electron chi connectivity index (χ4n) is 2.88. The number of anilines is 1. The maximum atomic E-state index is 12.8. The van der Waals surface area contributed by atoms with Crippen LogP contribution >= 0.6 is 0 Å². The van der Waals surface area contributed by atoms with Crippen molar-refractivity contribution in [1.82, 2.24) is 19.7 Å². The van der Waals surface area contributed by atoms with E-state index in [-0.39, 0.29) is 23.3 Å². The van der Waals surface area contributed by atoms with Crippen LogP contribution in [0.1, 0.15) is 36.2 Å². The summed E-state index contributed by atoms with van der Waals surface area (Å²) in [4.78, 5) is 31.5. The van der Waals surface area contributed by atoms with E-state index in [0.717, 1.165) is 5.56 Å². The van der Waals surface area contributed by atoms with Crippen LogP contribution in [0.15, 0.2) is 47.3 Å². The molecule has 0 saturated heterocycles. The molecular weight excluding hydrogens is 330 g/mol. The van der Waals surface area contributed by atoms with Crippen LogP contribution in [-0.4, -0.2) is 25.7 Å². The van der Waals surface area contributed by atoms with Gasteiger partial charge in [-0.2, -0.15) is 9.78 Å². The molecule has 134 valence electrons. The monoisotopic (exact) mass is 351 g/mol. The van der Waals surface area contributed by atoms with Crippen LogP contribution in [0.5, 0.6) is 0 Å². The number of nitrogens with one attached hydrogen (secondary N) is 2. The van der Waals surface area contributed by atoms with Gasteiger partial charge in [-0.1, -0.05) is 37.3 Å². The summed E-state index contributed by atoms with van der Waals surface area (Å²) in [5.74, 6) is 0.334. The molecular formula is C19H21N5O2. The molecule has 1 aromatic carbocycles. The lowest BCUT2D eigenvalue weighted by atomic mass is 9.96. The van der Waals surface area contributed by atoms with Crippen molar-refractivity contribution in [2.75, 3.05) is 5.32 Å². The van der Waals surface area contributed by atoms with Gasteiger partial charge < -0.3 is 5.32 Å². The first-order valence-electron chi connectivity index (χ1n) is 8.48. The molecule has 7 nitrogen and oxygen atoms in total. The summed E-state index contributed by atoms with van der Waals surface area (Å²) in [5.41, 5.74) is 1.97. The second-order valence-electron chi connectivity index (χ2n) is 6.15. The number of benzene rings is 1. The number of rotatable bonds is 5. The van der Waals surface area contributed by atoms with E-state index in [1.807, 2.05) is 44.2 Å². The summed E-state index contributed by atoms with van der Waals surface area (Å²) in [6.45, 7) is 5.52. The Morgan fingerprint density at radius 2 is 1.92 bits per heavy atom. The third-order valence-electron chi connectivity index (χ3n) is 4.07. The smallest absolute Gasteiger partial charge is 0.252 e. The number of carbonyl (C=O) groups is 1. The fourth-order valence-corrected chi connectivity index (χ4v) is 2.88. The normalized spacial score (nSPS) is 12.0. The van der Waals surface area contributed by atoms with Gasteiger partial charge in [0, 0.05) is 17.8 Å². The predicted molar refractivity (Wildman–Crippen MR) is 99.6 cm³/mol. The zero-order chi connectivity index (χ0) is 18.7. The second kappa shape index (κ2) is 7.35. The molecule has 0 bridgehead atoms. The van der Waals surface area contributed by atoms with E-state index >= 15 is 0 Å². The van der Waals surface area contributed by atoms with Crippen LogP contribution in [0.3, 0.4) is 0 Å². The van der Waals surface area contributed by atoms with E-state index in [9.17, 15) is 9.59 Å². The van der Waals surface area contributed by atoms with Crippen molar-refractivity contribution in [2.45, 2.75) is 33.1 Å². The Morgan fingerprint density at radius 3 is 2.58 bits per heavy atom. The second-order valence-corrected chi connectivity index (χ2v) is 6.15. The molecule has 0 saturated carbocycles. The van der Waals surface area contributed by atoms with Gasteiger partial charge in [-0.05, 0) is 25.8 Å². The van der Waals surface area contributed by atoms with Gasteiger partial charge in [-0.15, -0.1) is 0 Å². The average molecular weight is 351 g/mol. The van der Waals surface area contributed by atoms with Gasteiger partial charge in [0.05, 0.1) is 11.6 Å². The topological polar surface area (TPSA) is 92.7 Å². The summed E-state index contributed by atoms with van der Waals surface area (Å²) < 4.78 is 1.44. The van der Waals surface area contributed by atoms with Gasteiger partial charge >= 0.3 is 0 Å². The summed E-state index contributed by atoms with van der Waals surface area (Å²) in [6, 6.07) is 12.8. The molecule has 0 spiro atoms. The van der Waals surface area contributed by atoms with E-state index in [2.05, 4.69) is 20.4 Å². The summed E-state index contributed by atoms with van der Waals surface area (Å²) >= 11 is 0. The standard InChI is InChI=1S/C19H21N5O2/c1-4-15(14-8-6-5-7-9-14)18(26)21-16-10-13(3)23-24(16)19-20-12(2)11-17(25)22-19/h5-11,15H,4H2,1-3H3,(H,21,26)(H,20,22,25). The Balaban J connectivity index is 1.93. The van der Waals surface area contributed by atoms with Gasteiger partial charge in [-0.3, -0.25) is 14.6 Å². The highest BCUT2D eigenvalue weighted by molar-refractivity contribution is 5.95. The molecule has 1 amide bonds. The van der Waals surface area contributed by atoms with Crippen LogP contribution in [0.2, 0.25) is 0 Å². The van der Waals surface area contributed by atoms with Crippen molar-refractivity contribution in [3.63, 3.8) is 0 Å². The van der Waals surface area contributed by atoms with Crippen molar-refractivity contribution < 1.29 is 4.79 Å². The maximum absolute atomic E-state index is 12.8. The first-order valence-corrected chi connectivity index (χ1v) is 8.48. The Bertz CT molecular complexity index is 975. The van der Waals surface area contributed by atoms with E-state index in [1.54, 1.807) is 13.0 Å². The van der Waals surface area contributed by atoms with Crippen molar-refractivity contribution >= 4 is 11.7 Å². The molecule has 7 heteroatoms. The highest BCUT2D eigenvalue weighted by Gasteiger charge is 2.21. The van der Waals surface area contributed by atoms with Crippen LogP contribution < -0.4 is 10.9 Å². The SMILES string of the molecule is CCC(C(=O)Nc1cc(C)nn1-c1nc(C)cc(=O)[nH]1)c1ccccc1. The third kappa shape index (κ3) is 3.72. The van der Waals surface area contributed by atoms with E-state index < -0.39 is 0 Å².